The summed E-state index contributed by atoms with van der Waals surface area (Å²) in [7, 11) is 1.55. The highest BCUT2D eigenvalue weighted by atomic mass is 16.3. The minimum atomic E-state index is -0.444. The van der Waals surface area contributed by atoms with Crippen molar-refractivity contribution in [3.05, 3.63) is 0 Å². The molecule has 4 rings (SSSR count). The Hall–Kier alpha value is -1.18. The van der Waals surface area contributed by atoms with E-state index in [1.165, 1.54) is 0 Å². The first-order valence-corrected chi connectivity index (χ1v) is 13.9. The van der Waals surface area contributed by atoms with E-state index in [4.69, 9.17) is 0 Å². The summed E-state index contributed by atoms with van der Waals surface area (Å²) in [5.74, 6) is 0.944. The van der Waals surface area contributed by atoms with Crippen LogP contribution in [0.5, 0.6) is 0 Å². The molecule has 5 N–H and O–H groups in total. The van der Waals surface area contributed by atoms with Gasteiger partial charge in [-0.2, -0.15) is 0 Å². The van der Waals surface area contributed by atoms with Crippen LogP contribution in [0, 0.1) is 45.8 Å². The molecular weight excluding hydrogens is 444 g/mol. The molecule has 200 valence electrons. The Morgan fingerprint density at radius 1 is 1.00 bits per heavy atom. The van der Waals surface area contributed by atoms with E-state index < -0.39 is 12.2 Å². The first kappa shape index (κ1) is 26.9. The maximum atomic E-state index is 12.3. The Morgan fingerprint density at radius 2 is 1.71 bits per heavy atom. The van der Waals surface area contributed by atoms with Crippen molar-refractivity contribution in [3.8, 4) is 0 Å². The summed E-state index contributed by atoms with van der Waals surface area (Å²) in [6.45, 7) is 9.13. The highest BCUT2D eigenvalue weighted by molar-refractivity contribution is 5.84. The van der Waals surface area contributed by atoms with Gasteiger partial charge in [0.25, 0.3) is 0 Å². The number of nitrogens with one attached hydrogen (secondary N) is 2. The smallest absolute Gasteiger partial charge is 0.239 e. The number of hydrogen-bond donors (Lipinski definition) is 5. The van der Waals surface area contributed by atoms with Crippen molar-refractivity contribution < 1.29 is 24.9 Å². The second kappa shape index (κ2) is 9.60. The van der Waals surface area contributed by atoms with E-state index in [-0.39, 0.29) is 64.4 Å². The number of aliphatic hydroxyl groups is 3. The standard InChI is InChI=1S/C28H48N2O5/c1-16(6-7-23(34)30-15-24(35)29-5)19-9-11-27(3)25-20(14-22(33)28(19,27)4)26(2)10-8-18(31)12-17(26)13-21(25)32/h16-22,25,31-33H,6-15H2,1-5H3,(H,29,35)(H,30,34)/t16-,17+,18-,19-,20+,21-,22+,25+,26+,27+,28+/m0/s1. The minimum absolute atomic E-state index is 0.000605. The zero-order chi connectivity index (χ0) is 25.8. The second-order valence-electron chi connectivity index (χ2n) is 13.1. The van der Waals surface area contributed by atoms with Crippen molar-refractivity contribution in [2.24, 2.45) is 45.8 Å². The molecule has 0 aliphatic heterocycles. The molecule has 0 saturated heterocycles. The zero-order valence-electron chi connectivity index (χ0n) is 22.3. The van der Waals surface area contributed by atoms with E-state index in [0.717, 1.165) is 44.9 Å². The third-order valence-electron chi connectivity index (χ3n) is 11.8. The SMILES string of the molecule is CNC(=O)CNC(=O)CC[C@H](C)[C@@H]1CC[C@]2(C)[C@@H]3[C@@H](C[C@@H](O)[C@@]12C)[C@]1(C)CC[C@H](O)C[C@@H]1C[C@@H]3O. The van der Waals surface area contributed by atoms with Crippen molar-refractivity contribution in [3.63, 3.8) is 0 Å². The number of rotatable bonds is 6. The maximum absolute atomic E-state index is 12.3. The summed E-state index contributed by atoms with van der Waals surface area (Å²) in [6.07, 6.45) is 5.99. The fraction of sp³-hybridized carbons (Fsp3) is 0.929. The topological polar surface area (TPSA) is 119 Å². The Balaban J connectivity index is 1.51. The summed E-state index contributed by atoms with van der Waals surface area (Å²) in [5.41, 5.74) is -0.426. The number of carbonyl (C=O) groups is 2. The highest BCUT2D eigenvalue weighted by Gasteiger charge is 2.70. The first-order valence-electron chi connectivity index (χ1n) is 13.9. The molecule has 0 aromatic heterocycles. The Labute approximate surface area is 210 Å². The number of amides is 2. The molecule has 0 spiro atoms. The number of carbonyl (C=O) groups excluding carboxylic acids is 2. The van der Waals surface area contributed by atoms with Crippen molar-refractivity contribution >= 4 is 11.8 Å². The lowest BCUT2D eigenvalue weighted by Gasteiger charge is -2.67. The van der Waals surface area contributed by atoms with Crippen molar-refractivity contribution in [1.29, 1.82) is 0 Å². The molecule has 4 fully saturated rings. The van der Waals surface area contributed by atoms with Crippen LogP contribution in [0.2, 0.25) is 0 Å². The average molecular weight is 493 g/mol. The van der Waals surface area contributed by atoms with Crippen LogP contribution in [0.25, 0.3) is 0 Å². The van der Waals surface area contributed by atoms with Gasteiger partial charge < -0.3 is 26.0 Å². The third-order valence-corrected chi connectivity index (χ3v) is 11.8. The van der Waals surface area contributed by atoms with E-state index in [1.807, 2.05) is 0 Å². The second-order valence-corrected chi connectivity index (χ2v) is 13.1. The maximum Gasteiger partial charge on any atom is 0.239 e. The average Bonchev–Trinajstić information content (AvgIpc) is 3.10. The van der Waals surface area contributed by atoms with Crippen molar-refractivity contribution in [2.75, 3.05) is 13.6 Å². The van der Waals surface area contributed by atoms with Gasteiger partial charge in [-0.05, 0) is 91.8 Å². The molecule has 0 bridgehead atoms. The van der Waals surface area contributed by atoms with Crippen molar-refractivity contribution in [1.82, 2.24) is 10.6 Å². The van der Waals surface area contributed by atoms with Gasteiger partial charge in [0.15, 0.2) is 0 Å². The summed E-state index contributed by atoms with van der Waals surface area (Å²) >= 11 is 0. The summed E-state index contributed by atoms with van der Waals surface area (Å²) in [5, 5.41) is 38.8. The monoisotopic (exact) mass is 492 g/mol. The van der Waals surface area contributed by atoms with Crippen LogP contribution in [0.15, 0.2) is 0 Å². The third kappa shape index (κ3) is 4.23. The predicted molar refractivity (Wildman–Crippen MR) is 134 cm³/mol. The fourth-order valence-electron chi connectivity index (χ4n) is 9.53. The van der Waals surface area contributed by atoms with Gasteiger partial charge in [0.1, 0.15) is 0 Å². The Bertz CT molecular complexity index is 821. The van der Waals surface area contributed by atoms with Gasteiger partial charge in [0.2, 0.25) is 11.8 Å². The lowest BCUT2D eigenvalue weighted by atomic mass is 9.39. The van der Waals surface area contributed by atoms with E-state index in [1.54, 1.807) is 7.05 Å². The van der Waals surface area contributed by atoms with Crippen LogP contribution in [-0.2, 0) is 9.59 Å². The molecule has 11 atom stereocenters. The Morgan fingerprint density at radius 3 is 2.40 bits per heavy atom. The molecule has 2 amide bonds. The predicted octanol–water partition coefficient (Wildman–Crippen LogP) is 2.62. The van der Waals surface area contributed by atoms with Crippen LogP contribution in [0.4, 0.5) is 0 Å². The number of likely N-dealkylation sites (N-methyl/N-ethyl adjacent to an activating group) is 1. The van der Waals surface area contributed by atoms with Gasteiger partial charge in [-0.3, -0.25) is 9.59 Å². The Kier molecular flexibility index (Phi) is 7.37. The van der Waals surface area contributed by atoms with E-state index in [2.05, 4.69) is 38.3 Å². The van der Waals surface area contributed by atoms with Crippen LogP contribution >= 0.6 is 0 Å². The molecule has 4 aliphatic carbocycles. The van der Waals surface area contributed by atoms with Crippen molar-refractivity contribution in [2.45, 2.75) is 104 Å². The van der Waals surface area contributed by atoms with Crippen LogP contribution in [0.3, 0.4) is 0 Å². The molecule has 0 unspecified atom stereocenters. The van der Waals surface area contributed by atoms with E-state index >= 15 is 0 Å². The van der Waals surface area contributed by atoms with Gasteiger partial charge in [-0.15, -0.1) is 0 Å². The summed E-state index contributed by atoms with van der Waals surface area (Å²) < 4.78 is 0. The molecule has 0 aromatic carbocycles. The van der Waals surface area contributed by atoms with Gasteiger partial charge in [0.05, 0.1) is 24.9 Å². The fourth-order valence-corrected chi connectivity index (χ4v) is 9.53. The number of fused-ring (bicyclic) bond motifs is 5. The molecule has 0 heterocycles. The highest BCUT2D eigenvalue weighted by Crippen LogP contribution is 2.73. The van der Waals surface area contributed by atoms with E-state index in [0.29, 0.717) is 18.8 Å². The van der Waals surface area contributed by atoms with Gasteiger partial charge in [-0.25, -0.2) is 0 Å². The molecule has 7 nitrogen and oxygen atoms in total. The van der Waals surface area contributed by atoms with Crippen LogP contribution in [0.1, 0.15) is 85.5 Å². The zero-order valence-corrected chi connectivity index (χ0v) is 22.3. The lowest BCUT2D eigenvalue weighted by Crippen LogP contribution is -2.66. The van der Waals surface area contributed by atoms with E-state index in [9.17, 15) is 24.9 Å². The van der Waals surface area contributed by atoms with Gasteiger partial charge in [-0.1, -0.05) is 27.7 Å². The van der Waals surface area contributed by atoms with Crippen LogP contribution in [-0.4, -0.2) is 59.0 Å². The summed E-state index contributed by atoms with van der Waals surface area (Å²) in [4.78, 5) is 23.7. The minimum Gasteiger partial charge on any atom is -0.393 e. The first-order chi connectivity index (χ1) is 16.4. The van der Waals surface area contributed by atoms with Crippen LogP contribution < -0.4 is 10.6 Å². The molecule has 0 radical (unpaired) electrons. The lowest BCUT2D eigenvalue weighted by molar-refractivity contribution is -0.240. The molecule has 4 saturated carbocycles. The number of aliphatic hydroxyl groups excluding tert-OH is 3. The molecule has 4 aliphatic rings. The quantitative estimate of drug-likeness (QED) is 0.391. The molecule has 7 heteroatoms. The largest absolute Gasteiger partial charge is 0.393 e. The molecule has 0 aromatic rings. The van der Waals surface area contributed by atoms with Gasteiger partial charge in [0, 0.05) is 18.9 Å². The molecular formula is C28H48N2O5. The number of hydrogen-bond acceptors (Lipinski definition) is 5. The molecule has 35 heavy (non-hydrogen) atoms. The summed E-state index contributed by atoms with van der Waals surface area (Å²) in [6, 6.07) is 0. The normalized spacial score (nSPS) is 47.7. The van der Waals surface area contributed by atoms with Gasteiger partial charge >= 0.3 is 0 Å².